The lowest BCUT2D eigenvalue weighted by Crippen LogP contribution is -2.56. The van der Waals surface area contributed by atoms with E-state index in [-0.39, 0.29) is 11.8 Å². The number of fused-ring (bicyclic) bond motifs is 4. The van der Waals surface area contributed by atoms with Gasteiger partial charge in [0, 0.05) is 20.0 Å². The van der Waals surface area contributed by atoms with Gasteiger partial charge in [0.1, 0.15) is 0 Å². The highest BCUT2D eigenvalue weighted by molar-refractivity contribution is 6.02. The summed E-state index contributed by atoms with van der Waals surface area (Å²) in [6.45, 7) is 3.13. The van der Waals surface area contributed by atoms with E-state index in [1.165, 1.54) is 26.2 Å². The van der Waals surface area contributed by atoms with Crippen LogP contribution in [0.3, 0.4) is 0 Å². The Morgan fingerprint density at radius 3 is 1.96 bits per heavy atom. The number of carbonyl (C=O) groups excluding carboxylic acids is 2. The molecule has 2 aromatic carbocycles. The molecule has 1 heterocycles. The molecular weight excluding hydrogens is 336 g/mol. The fourth-order valence-corrected chi connectivity index (χ4v) is 5.56. The van der Waals surface area contributed by atoms with E-state index in [0.29, 0.717) is 11.8 Å². The Hall–Kier alpha value is -2.62. The van der Waals surface area contributed by atoms with Crippen LogP contribution in [0.15, 0.2) is 48.5 Å². The minimum absolute atomic E-state index is 0.0181. The van der Waals surface area contributed by atoms with Crippen molar-refractivity contribution in [2.45, 2.75) is 31.7 Å². The Balaban J connectivity index is 1.67. The largest absolute Gasteiger partial charge is 0.339 e. The Morgan fingerprint density at radius 2 is 1.44 bits per heavy atom. The summed E-state index contributed by atoms with van der Waals surface area (Å²) >= 11 is 0. The fourth-order valence-electron chi connectivity index (χ4n) is 5.56. The molecule has 5 rings (SSSR count). The van der Waals surface area contributed by atoms with Crippen LogP contribution in [0.1, 0.15) is 37.3 Å². The molecule has 0 spiro atoms. The first kappa shape index (κ1) is 16.5. The van der Waals surface area contributed by atoms with Gasteiger partial charge in [-0.15, -0.1) is 0 Å². The Kier molecular flexibility index (Phi) is 3.64. The SMILES string of the molecule is CC(=O)NC1(C(=O)N2C[C@H]3CCC[C@H]3C2)c2ccccc2-c2ccccc21. The molecule has 0 aromatic heterocycles. The Bertz CT molecular complexity index is 878. The van der Waals surface area contributed by atoms with Gasteiger partial charge in [0.15, 0.2) is 5.54 Å². The van der Waals surface area contributed by atoms with Crippen LogP contribution in [-0.2, 0) is 15.1 Å². The van der Waals surface area contributed by atoms with Crippen molar-refractivity contribution in [1.82, 2.24) is 10.2 Å². The number of nitrogens with one attached hydrogen (secondary N) is 1. The van der Waals surface area contributed by atoms with Crippen LogP contribution in [0.2, 0.25) is 0 Å². The normalized spacial score (nSPS) is 24.3. The topological polar surface area (TPSA) is 49.4 Å². The van der Waals surface area contributed by atoms with Crippen LogP contribution in [0.5, 0.6) is 0 Å². The fraction of sp³-hybridized carbons (Fsp3) is 0.391. The van der Waals surface area contributed by atoms with E-state index < -0.39 is 5.54 Å². The first-order valence-electron chi connectivity index (χ1n) is 9.89. The summed E-state index contributed by atoms with van der Waals surface area (Å²) in [6, 6.07) is 15.9. The minimum atomic E-state index is -1.11. The number of likely N-dealkylation sites (tertiary alicyclic amines) is 1. The summed E-state index contributed by atoms with van der Waals surface area (Å²) in [7, 11) is 0. The van der Waals surface area contributed by atoms with Crippen LogP contribution >= 0.6 is 0 Å². The third-order valence-corrected chi connectivity index (χ3v) is 6.65. The second-order valence-electron chi connectivity index (χ2n) is 8.18. The first-order valence-corrected chi connectivity index (χ1v) is 9.89. The van der Waals surface area contributed by atoms with E-state index in [0.717, 1.165) is 35.3 Å². The molecule has 2 aromatic rings. The maximum absolute atomic E-state index is 14.0. The highest BCUT2D eigenvalue weighted by atomic mass is 16.2. The first-order chi connectivity index (χ1) is 13.1. The molecule has 2 amide bonds. The van der Waals surface area contributed by atoms with Crippen LogP contribution in [0.4, 0.5) is 0 Å². The van der Waals surface area contributed by atoms with Gasteiger partial charge in [-0.25, -0.2) is 0 Å². The zero-order valence-electron chi connectivity index (χ0n) is 15.6. The smallest absolute Gasteiger partial charge is 0.257 e. The molecule has 1 saturated heterocycles. The number of nitrogens with zero attached hydrogens (tertiary/aromatic N) is 1. The molecule has 0 unspecified atom stereocenters. The second kappa shape index (κ2) is 5.95. The summed E-state index contributed by atoms with van der Waals surface area (Å²) in [5.74, 6) is 1.07. The van der Waals surface area contributed by atoms with E-state index in [9.17, 15) is 9.59 Å². The van der Waals surface area contributed by atoms with Gasteiger partial charge >= 0.3 is 0 Å². The average Bonchev–Trinajstić information content (AvgIpc) is 3.33. The molecule has 1 N–H and O–H groups in total. The van der Waals surface area contributed by atoms with Gasteiger partial charge in [0.2, 0.25) is 5.91 Å². The summed E-state index contributed by atoms with van der Waals surface area (Å²) < 4.78 is 0. The summed E-state index contributed by atoms with van der Waals surface area (Å²) in [5, 5.41) is 3.08. The van der Waals surface area contributed by atoms with Crippen LogP contribution in [0, 0.1) is 11.8 Å². The Labute approximate surface area is 159 Å². The third kappa shape index (κ3) is 2.29. The molecule has 2 aliphatic carbocycles. The van der Waals surface area contributed by atoms with Crippen LogP contribution in [0.25, 0.3) is 11.1 Å². The monoisotopic (exact) mass is 360 g/mol. The summed E-state index contributed by atoms with van der Waals surface area (Å²) in [4.78, 5) is 28.2. The minimum Gasteiger partial charge on any atom is -0.339 e. The molecule has 2 fully saturated rings. The molecule has 0 radical (unpaired) electrons. The lowest BCUT2D eigenvalue weighted by Gasteiger charge is -2.35. The molecule has 138 valence electrons. The molecule has 1 saturated carbocycles. The summed E-state index contributed by atoms with van der Waals surface area (Å²) in [5.41, 5.74) is 2.74. The van der Waals surface area contributed by atoms with Crippen molar-refractivity contribution in [2.75, 3.05) is 13.1 Å². The lowest BCUT2D eigenvalue weighted by molar-refractivity contribution is -0.139. The van der Waals surface area contributed by atoms with Gasteiger partial charge in [-0.05, 0) is 46.9 Å². The van der Waals surface area contributed by atoms with E-state index >= 15 is 0 Å². The number of amides is 2. The van der Waals surface area contributed by atoms with Gasteiger partial charge in [-0.1, -0.05) is 55.0 Å². The van der Waals surface area contributed by atoms with E-state index in [1.807, 2.05) is 53.4 Å². The highest BCUT2D eigenvalue weighted by Crippen LogP contribution is 2.49. The molecule has 3 aliphatic rings. The maximum atomic E-state index is 14.0. The van der Waals surface area contributed by atoms with Crippen molar-refractivity contribution in [1.29, 1.82) is 0 Å². The number of benzene rings is 2. The lowest BCUT2D eigenvalue weighted by atomic mass is 9.85. The molecule has 4 nitrogen and oxygen atoms in total. The standard InChI is InChI=1S/C23H24N2O2/c1-15(26)24-23(22(27)25-13-16-7-6-8-17(16)14-25)20-11-4-2-9-18(20)19-10-3-5-12-21(19)23/h2-5,9-12,16-17H,6-8,13-14H2,1H3,(H,24,26)/t16-,17+. The third-order valence-electron chi connectivity index (χ3n) is 6.65. The molecule has 0 bridgehead atoms. The molecule has 1 aliphatic heterocycles. The molecule has 4 heteroatoms. The highest BCUT2D eigenvalue weighted by Gasteiger charge is 2.53. The van der Waals surface area contributed by atoms with Crippen molar-refractivity contribution in [2.24, 2.45) is 11.8 Å². The number of carbonyl (C=O) groups is 2. The van der Waals surface area contributed by atoms with Gasteiger partial charge < -0.3 is 10.2 Å². The van der Waals surface area contributed by atoms with Gasteiger partial charge in [0.05, 0.1) is 0 Å². The van der Waals surface area contributed by atoms with Crippen molar-refractivity contribution < 1.29 is 9.59 Å². The number of hydrogen-bond acceptors (Lipinski definition) is 2. The van der Waals surface area contributed by atoms with Crippen molar-refractivity contribution in [3.05, 3.63) is 59.7 Å². The van der Waals surface area contributed by atoms with Crippen molar-refractivity contribution in [3.63, 3.8) is 0 Å². The van der Waals surface area contributed by atoms with Crippen LogP contribution < -0.4 is 5.32 Å². The maximum Gasteiger partial charge on any atom is 0.257 e. The zero-order chi connectivity index (χ0) is 18.6. The molecular formula is C23H24N2O2. The molecule has 2 atom stereocenters. The predicted molar refractivity (Wildman–Crippen MR) is 104 cm³/mol. The van der Waals surface area contributed by atoms with Crippen molar-refractivity contribution >= 4 is 11.8 Å². The zero-order valence-corrected chi connectivity index (χ0v) is 15.6. The average molecular weight is 360 g/mol. The second-order valence-corrected chi connectivity index (χ2v) is 8.18. The summed E-state index contributed by atoms with van der Waals surface area (Å²) in [6.07, 6.45) is 3.71. The number of rotatable bonds is 2. The van der Waals surface area contributed by atoms with Gasteiger partial charge in [-0.3, -0.25) is 9.59 Å². The van der Waals surface area contributed by atoms with Gasteiger partial charge in [-0.2, -0.15) is 0 Å². The van der Waals surface area contributed by atoms with Gasteiger partial charge in [0.25, 0.3) is 5.91 Å². The van der Waals surface area contributed by atoms with Crippen LogP contribution in [-0.4, -0.2) is 29.8 Å². The molecule has 27 heavy (non-hydrogen) atoms. The Morgan fingerprint density at radius 1 is 0.926 bits per heavy atom. The van der Waals surface area contributed by atoms with Crippen molar-refractivity contribution in [3.8, 4) is 11.1 Å². The van der Waals surface area contributed by atoms with E-state index in [2.05, 4.69) is 5.32 Å². The number of hydrogen-bond donors (Lipinski definition) is 1. The quantitative estimate of drug-likeness (QED) is 0.893. The predicted octanol–water partition coefficient (Wildman–Crippen LogP) is 3.31. The van der Waals surface area contributed by atoms with E-state index in [4.69, 9.17) is 0 Å². The van der Waals surface area contributed by atoms with E-state index in [1.54, 1.807) is 0 Å².